The highest BCUT2D eigenvalue weighted by atomic mass is 31.2. The van der Waals surface area contributed by atoms with Gasteiger partial charge in [0.2, 0.25) is 0 Å². The maximum Gasteiger partial charge on any atom is 0.472 e. The number of unbranched alkanes of at least 4 members (excludes halogenated alkanes) is 42. The summed E-state index contributed by atoms with van der Waals surface area (Å²) in [6.45, 7) is 9.60. The van der Waals surface area contributed by atoms with Crippen LogP contribution in [-0.4, -0.2) is 96.7 Å². The van der Waals surface area contributed by atoms with Gasteiger partial charge < -0.3 is 33.8 Å². The highest BCUT2D eigenvalue weighted by Crippen LogP contribution is 2.45. The SMILES string of the molecule is CCCCCCCCCCCCCCCC(=O)OC[C@H](COP(=O)(O)OC[C@@H](O)COP(=O)(O)OC[C@@H](COC(=O)CCCCCCCCCCCCC)OC(=O)CCCCCCCCCCC(C)CC)OC(=O)CCCCCCCCCCCCCCCCC(C)C. The van der Waals surface area contributed by atoms with Gasteiger partial charge in [-0.3, -0.25) is 37.3 Å². The molecule has 0 aliphatic carbocycles. The van der Waals surface area contributed by atoms with Gasteiger partial charge in [0.1, 0.15) is 19.3 Å². The predicted octanol–water partition coefficient (Wildman–Crippen LogP) is 21.6. The lowest BCUT2D eigenvalue weighted by Crippen LogP contribution is -2.30. The van der Waals surface area contributed by atoms with Gasteiger partial charge in [0, 0.05) is 25.7 Å². The third-order valence-electron chi connectivity index (χ3n) is 17.6. The second-order valence-corrected chi connectivity index (χ2v) is 30.3. The number of carbonyl (C=O) groups is 4. The van der Waals surface area contributed by atoms with E-state index in [1.54, 1.807) is 0 Å². The van der Waals surface area contributed by atoms with Crippen LogP contribution in [0.25, 0.3) is 0 Å². The molecule has 6 atom stereocenters. The lowest BCUT2D eigenvalue weighted by atomic mass is 9.99. The van der Waals surface area contributed by atoms with Crippen molar-refractivity contribution in [1.82, 2.24) is 0 Å². The van der Waals surface area contributed by atoms with Crippen molar-refractivity contribution in [1.29, 1.82) is 0 Å². The molecule has 93 heavy (non-hydrogen) atoms. The molecule has 0 aromatic heterocycles. The smallest absolute Gasteiger partial charge is 0.462 e. The summed E-state index contributed by atoms with van der Waals surface area (Å²) in [5.74, 6) is -0.553. The fourth-order valence-electron chi connectivity index (χ4n) is 11.3. The van der Waals surface area contributed by atoms with Gasteiger partial charge in [-0.25, -0.2) is 9.13 Å². The van der Waals surface area contributed by atoms with Crippen molar-refractivity contribution in [2.24, 2.45) is 11.8 Å². The molecule has 0 aliphatic heterocycles. The number of ether oxygens (including phenoxy) is 4. The number of hydrogen-bond donors (Lipinski definition) is 3. The summed E-state index contributed by atoms with van der Waals surface area (Å²) in [5, 5.41) is 10.6. The second kappa shape index (κ2) is 66.0. The van der Waals surface area contributed by atoms with E-state index in [9.17, 15) is 43.2 Å². The Labute approximate surface area is 568 Å². The largest absolute Gasteiger partial charge is 0.472 e. The highest BCUT2D eigenvalue weighted by molar-refractivity contribution is 7.47. The number of hydrogen-bond acceptors (Lipinski definition) is 15. The van der Waals surface area contributed by atoms with Crippen LogP contribution in [0.1, 0.15) is 382 Å². The molecule has 3 N–H and O–H groups in total. The first-order chi connectivity index (χ1) is 44.9. The molecule has 0 fully saturated rings. The number of rotatable bonds is 73. The Morgan fingerprint density at radius 3 is 0.817 bits per heavy atom. The molecule has 0 saturated carbocycles. The molecule has 17 nitrogen and oxygen atoms in total. The monoisotopic (exact) mass is 1370 g/mol. The van der Waals surface area contributed by atoms with Gasteiger partial charge in [-0.05, 0) is 37.5 Å². The van der Waals surface area contributed by atoms with E-state index in [2.05, 4.69) is 41.5 Å². The quantitative estimate of drug-likeness (QED) is 0.0222. The van der Waals surface area contributed by atoms with Crippen LogP contribution in [0.2, 0.25) is 0 Å². The molecule has 0 aromatic carbocycles. The fraction of sp³-hybridized carbons (Fsp3) is 0.946. The first-order valence-electron chi connectivity index (χ1n) is 38.5. The van der Waals surface area contributed by atoms with E-state index in [4.69, 9.17) is 37.0 Å². The van der Waals surface area contributed by atoms with Crippen LogP contribution in [0, 0.1) is 11.8 Å². The number of phosphoric ester groups is 2. The van der Waals surface area contributed by atoms with Crippen LogP contribution in [0.4, 0.5) is 0 Å². The van der Waals surface area contributed by atoms with E-state index in [0.717, 1.165) is 102 Å². The number of carbonyl (C=O) groups excluding carboxylic acids is 4. The van der Waals surface area contributed by atoms with Gasteiger partial charge in [0.15, 0.2) is 12.2 Å². The van der Waals surface area contributed by atoms with Gasteiger partial charge in [0.05, 0.1) is 26.4 Å². The normalized spacial score (nSPS) is 14.3. The van der Waals surface area contributed by atoms with E-state index in [1.807, 2.05) is 0 Å². The lowest BCUT2D eigenvalue weighted by Gasteiger charge is -2.21. The summed E-state index contributed by atoms with van der Waals surface area (Å²) >= 11 is 0. The molecule has 19 heteroatoms. The summed E-state index contributed by atoms with van der Waals surface area (Å²) in [4.78, 5) is 72.7. The number of aliphatic hydroxyl groups is 1. The molecule has 3 unspecified atom stereocenters. The molecule has 0 bridgehead atoms. The minimum absolute atomic E-state index is 0.105. The molecule has 0 spiro atoms. The van der Waals surface area contributed by atoms with Gasteiger partial charge in [-0.2, -0.15) is 0 Å². The maximum atomic E-state index is 13.1. The van der Waals surface area contributed by atoms with Crippen LogP contribution < -0.4 is 0 Å². The van der Waals surface area contributed by atoms with Crippen molar-refractivity contribution in [3.63, 3.8) is 0 Å². The standard InChI is InChI=1S/C74H144O17P2/c1-7-10-12-14-16-18-20-23-28-32-39-45-51-57-72(77)85-62-69(90-73(78)58-52-46-40-33-29-25-22-21-24-27-30-36-42-48-54-66(4)5)64-88-92(80,81)86-60-68(75)61-87-93(82,83)89-65-70(63-84-71(76)56-50-44-38-31-26-19-17-15-13-11-8-2)91-74(79)59-53-47-41-35-34-37-43-49-55-67(6)9-3/h66-70,75H,7-65H2,1-6H3,(H,80,81)(H,82,83)/t67?,68-,69-,70-/m1/s1. The maximum absolute atomic E-state index is 13.1. The second-order valence-electron chi connectivity index (χ2n) is 27.4. The Morgan fingerprint density at radius 2 is 0.548 bits per heavy atom. The molecule has 0 heterocycles. The van der Waals surface area contributed by atoms with E-state index in [1.165, 1.54) is 199 Å². The Bertz CT molecular complexity index is 1810. The first-order valence-corrected chi connectivity index (χ1v) is 41.5. The summed E-state index contributed by atoms with van der Waals surface area (Å²) < 4.78 is 68.5. The summed E-state index contributed by atoms with van der Waals surface area (Å²) in [6.07, 6.45) is 52.5. The zero-order chi connectivity index (χ0) is 68.6. The van der Waals surface area contributed by atoms with Gasteiger partial charge in [-0.1, -0.05) is 330 Å². The molecule has 0 aromatic rings. The molecule has 0 aliphatic rings. The molecule has 0 amide bonds. The van der Waals surface area contributed by atoms with Gasteiger partial charge in [-0.15, -0.1) is 0 Å². The molecule has 0 rings (SSSR count). The zero-order valence-corrected chi connectivity index (χ0v) is 62.3. The first kappa shape index (κ1) is 91.1. The molecular formula is C74H144O17P2. The molecule has 552 valence electrons. The Balaban J connectivity index is 5.25. The minimum Gasteiger partial charge on any atom is -0.462 e. The van der Waals surface area contributed by atoms with Crippen molar-refractivity contribution >= 4 is 39.5 Å². The van der Waals surface area contributed by atoms with Crippen molar-refractivity contribution in [3.8, 4) is 0 Å². The van der Waals surface area contributed by atoms with Crippen molar-refractivity contribution < 1.29 is 80.2 Å². The molecular weight excluding hydrogens is 1220 g/mol. The van der Waals surface area contributed by atoms with E-state index in [-0.39, 0.29) is 25.7 Å². The lowest BCUT2D eigenvalue weighted by molar-refractivity contribution is -0.161. The van der Waals surface area contributed by atoms with Crippen LogP contribution in [0.3, 0.4) is 0 Å². The summed E-state index contributed by atoms with van der Waals surface area (Å²) in [5.41, 5.74) is 0. The number of phosphoric acid groups is 2. The molecule has 0 radical (unpaired) electrons. The minimum atomic E-state index is -4.95. The topological polar surface area (TPSA) is 237 Å². The van der Waals surface area contributed by atoms with Crippen molar-refractivity contribution in [2.75, 3.05) is 39.6 Å². The van der Waals surface area contributed by atoms with Crippen LogP contribution in [0.15, 0.2) is 0 Å². The third kappa shape index (κ3) is 67.0. The summed E-state index contributed by atoms with van der Waals surface area (Å²) in [7, 11) is -9.91. The van der Waals surface area contributed by atoms with Crippen molar-refractivity contribution in [3.05, 3.63) is 0 Å². The van der Waals surface area contributed by atoms with Gasteiger partial charge >= 0.3 is 39.5 Å². The highest BCUT2D eigenvalue weighted by Gasteiger charge is 2.30. The third-order valence-corrected chi connectivity index (χ3v) is 19.5. The van der Waals surface area contributed by atoms with Gasteiger partial charge in [0.25, 0.3) is 0 Å². The van der Waals surface area contributed by atoms with Crippen molar-refractivity contribution in [2.45, 2.75) is 400 Å². The Hall–Kier alpha value is -1.94. The van der Waals surface area contributed by atoms with Crippen LogP contribution in [0.5, 0.6) is 0 Å². The number of esters is 4. The van der Waals surface area contributed by atoms with Crippen LogP contribution in [-0.2, 0) is 65.4 Å². The van der Waals surface area contributed by atoms with E-state index in [0.29, 0.717) is 25.7 Å². The summed E-state index contributed by atoms with van der Waals surface area (Å²) in [6, 6.07) is 0. The zero-order valence-electron chi connectivity index (χ0n) is 60.6. The average Bonchev–Trinajstić information content (AvgIpc) is 3.28. The Morgan fingerprint density at radius 1 is 0.312 bits per heavy atom. The van der Waals surface area contributed by atoms with E-state index < -0.39 is 97.5 Å². The Kier molecular flexibility index (Phi) is 64.6. The average molecular weight is 1370 g/mol. The van der Waals surface area contributed by atoms with Crippen LogP contribution >= 0.6 is 15.6 Å². The fourth-order valence-corrected chi connectivity index (χ4v) is 12.8. The predicted molar refractivity (Wildman–Crippen MR) is 377 cm³/mol. The van der Waals surface area contributed by atoms with E-state index >= 15 is 0 Å². The molecule has 0 saturated heterocycles. The number of aliphatic hydroxyl groups excluding tert-OH is 1.